The van der Waals surface area contributed by atoms with Gasteiger partial charge in [0.1, 0.15) is 11.6 Å². The number of nitrogens with two attached hydrogens (primary N) is 1. The van der Waals surface area contributed by atoms with Crippen molar-refractivity contribution in [3.63, 3.8) is 0 Å². The summed E-state index contributed by atoms with van der Waals surface area (Å²) in [7, 11) is -10.5. The molecule has 0 aliphatic carbocycles. The van der Waals surface area contributed by atoms with Crippen LogP contribution in [0.4, 0.5) is 11.5 Å². The highest BCUT2D eigenvalue weighted by Crippen LogP contribution is 2.40. The Hall–Kier alpha value is -3.22. The highest BCUT2D eigenvalue weighted by atomic mass is 16.5. The van der Waals surface area contributed by atoms with Crippen molar-refractivity contribution in [1.82, 2.24) is 9.97 Å². The normalized spacial score (nSPS) is 23.4. The smallest absolute Gasteiger partial charge is 0.203 e. The number of hydrogen-bond donors (Lipinski definition) is 2. The highest BCUT2D eigenvalue weighted by molar-refractivity contribution is 5.92. The molecule has 7 heteroatoms. The first-order valence-electron chi connectivity index (χ1n) is 16.6. The summed E-state index contributed by atoms with van der Waals surface area (Å²) in [4.78, 5) is 7.83. The van der Waals surface area contributed by atoms with Crippen LogP contribution in [0.5, 0.6) is 17.2 Å². The maximum atomic E-state index is 8.83. The van der Waals surface area contributed by atoms with Crippen molar-refractivity contribution < 1.29 is 40.3 Å². The molecule has 2 aromatic carbocycles. The van der Waals surface area contributed by atoms with E-state index in [0.717, 1.165) is 0 Å². The third kappa shape index (κ3) is 3.53. The fraction of sp³-hybridized carbons (Fsp3) is 0.300. The second kappa shape index (κ2) is 7.57. The number of aromatic nitrogens is 2. The quantitative estimate of drug-likeness (QED) is 0.669. The monoisotopic (exact) mass is 387 g/mol. The molecule has 0 atom stereocenters. The van der Waals surface area contributed by atoms with Crippen molar-refractivity contribution >= 4 is 22.4 Å². The lowest BCUT2D eigenvalue weighted by molar-refractivity contribution is 0.324. The van der Waals surface area contributed by atoms with Crippen molar-refractivity contribution in [3.8, 4) is 17.2 Å². The van der Waals surface area contributed by atoms with E-state index in [9.17, 15) is 0 Å². The molecule has 3 N–H and O–H groups in total. The van der Waals surface area contributed by atoms with Crippen LogP contribution in [0.15, 0.2) is 24.2 Å². The van der Waals surface area contributed by atoms with Crippen LogP contribution < -0.4 is 25.3 Å². The Morgan fingerprint density at radius 1 is 1.19 bits per heavy atom. The van der Waals surface area contributed by atoms with E-state index in [1.165, 1.54) is 6.92 Å². The van der Waals surface area contributed by atoms with E-state index in [0.29, 0.717) is 0 Å². The molecule has 0 radical (unpaired) electrons. The zero-order valence-electron chi connectivity index (χ0n) is 32.6. The minimum Gasteiger partial charge on any atom is -0.493 e. The van der Waals surface area contributed by atoms with Gasteiger partial charge in [-0.1, -0.05) is 6.04 Å². The number of nitrogen functional groups attached to an aromatic ring is 1. The predicted octanol–water partition coefficient (Wildman–Crippen LogP) is 3.47. The minimum atomic E-state index is -3.64. The summed E-state index contributed by atoms with van der Waals surface area (Å²) in [6.07, 6.45) is 0. The summed E-state index contributed by atoms with van der Waals surface area (Å²) >= 11 is 0. The average molecular weight is 388 g/mol. The summed E-state index contributed by atoms with van der Waals surface area (Å²) in [6, 6.07) is -4.78. The van der Waals surface area contributed by atoms with Crippen molar-refractivity contribution in [1.29, 1.82) is 0 Å². The van der Waals surface area contributed by atoms with Crippen LogP contribution in [0.1, 0.15) is 41.6 Å². The number of methoxy groups -OCH3 is 3. The first-order chi connectivity index (χ1) is 20.5. The fourth-order valence-electron chi connectivity index (χ4n) is 2.19. The van der Waals surface area contributed by atoms with E-state index in [1.54, 1.807) is 0 Å². The van der Waals surface area contributed by atoms with Crippen LogP contribution >= 0.6 is 0 Å². The molecule has 0 aliphatic heterocycles. The number of nitrogens with one attached hydrogen (secondary N) is 1. The maximum absolute atomic E-state index is 8.83. The molecule has 1 aromatic heterocycles. The number of hydrogen-bond acceptors (Lipinski definition) is 7. The lowest BCUT2D eigenvalue weighted by Crippen LogP contribution is -2.05. The Morgan fingerprint density at radius 2 is 1.93 bits per heavy atom. The first kappa shape index (κ1) is 6.15. The molecular formula is C20H24N4O3. The summed E-state index contributed by atoms with van der Waals surface area (Å²) in [5.74, 6) is -4.75. The largest absolute Gasteiger partial charge is 0.493 e. The molecule has 0 spiro atoms. The molecule has 0 aliphatic rings. The molecule has 0 unspecified atom stereocenters. The third-order valence-electron chi connectivity index (χ3n) is 3.32. The van der Waals surface area contributed by atoms with Gasteiger partial charge < -0.3 is 25.3 Å². The van der Waals surface area contributed by atoms with Crippen LogP contribution in [0.25, 0.3) is 10.9 Å². The predicted molar refractivity (Wildman–Crippen MR) is 107 cm³/mol. The van der Waals surface area contributed by atoms with Gasteiger partial charge in [0.15, 0.2) is 12.9 Å². The van der Waals surface area contributed by atoms with Gasteiger partial charge in [-0.2, -0.15) is 0 Å². The molecule has 7 nitrogen and oxygen atoms in total. The van der Waals surface area contributed by atoms with Gasteiger partial charge in [0.25, 0.3) is 0 Å². The van der Waals surface area contributed by atoms with Gasteiger partial charge in [0.2, 0.25) is 5.75 Å². The van der Waals surface area contributed by atoms with Crippen molar-refractivity contribution in [2.75, 3.05) is 32.2 Å². The van der Waals surface area contributed by atoms with Crippen LogP contribution in [0.3, 0.4) is 0 Å². The van der Waals surface area contributed by atoms with Crippen molar-refractivity contribution in [3.05, 3.63) is 41.1 Å². The van der Waals surface area contributed by atoms with E-state index in [4.69, 9.17) is 41.3 Å². The highest BCUT2D eigenvalue weighted by Gasteiger charge is 2.14. The van der Waals surface area contributed by atoms with Crippen LogP contribution in [0, 0.1) is 13.8 Å². The Balaban J connectivity index is 2.55. The molecule has 3 aromatic rings. The molecule has 1 heterocycles. The Labute approximate surface area is 185 Å². The van der Waals surface area contributed by atoms with Crippen molar-refractivity contribution in [2.24, 2.45) is 0 Å². The lowest BCUT2D eigenvalue weighted by atomic mass is 10.0. The molecular weight excluding hydrogens is 344 g/mol. The van der Waals surface area contributed by atoms with Gasteiger partial charge in [0.05, 0.1) is 47.2 Å². The summed E-state index contributed by atoms with van der Waals surface area (Å²) in [5.41, 5.74) is 1.96. The molecule has 0 saturated heterocycles. The molecule has 0 fully saturated rings. The SMILES string of the molecule is [2H]c1c(OC([2H])([2H])[2H])c(OC([2H])([2H])[2H])c(OC([2H])([2H])[2H])c([2H])c1N([2H])C([2H])([2H])c1c([2H])c([2H])c2nc(C)nc(N)c2c1C([2H])([2H])[2H]. The minimum absolute atomic E-state index is 0.0205. The van der Waals surface area contributed by atoms with Crippen molar-refractivity contribution in [2.45, 2.75) is 20.3 Å². The van der Waals surface area contributed by atoms with Gasteiger partial charge in [-0.3, -0.25) is 0 Å². The molecule has 27 heavy (non-hydrogen) atoms. The first-order valence-corrected chi connectivity index (χ1v) is 7.11. The van der Waals surface area contributed by atoms with Crippen LogP contribution in [0.2, 0.25) is 1.41 Å². The van der Waals surface area contributed by atoms with E-state index < -0.39 is 109 Å². The Morgan fingerprint density at radius 3 is 2.59 bits per heavy atom. The molecule has 142 valence electrons. The average Bonchev–Trinajstić information content (AvgIpc) is 2.83. The third-order valence-corrected chi connectivity index (χ3v) is 3.32. The standard InChI is InChI=1S/C20H24N4O3/c1-11-13(6-7-15-18(11)20(21)24-12(2)23-15)10-22-14-8-16(25-3)19(27-5)17(9-14)26-4/h6-9,22H,10H2,1-5H3,(H2,21,23,24)/i1D3,3D3,4D3,5D3,6D,7D,8D,9D,10D2/hD. The van der Waals surface area contributed by atoms with Gasteiger partial charge in [0, 0.05) is 33.8 Å². The zero-order valence-corrected chi connectivity index (χ0v) is 13.6. The number of fused-ring (bicyclic) bond motifs is 1. The van der Waals surface area contributed by atoms with Gasteiger partial charge in [-0.15, -0.1) is 0 Å². The number of ether oxygens (including phenoxy) is 3. The summed E-state index contributed by atoms with van der Waals surface area (Å²) in [6.45, 7) is -5.61. The number of benzene rings is 2. The Kier molecular flexibility index (Phi) is 1.73. The van der Waals surface area contributed by atoms with Gasteiger partial charge in [-0.05, 0) is 30.9 Å². The second-order valence-corrected chi connectivity index (χ2v) is 5.00. The number of rotatable bonds is 6. The fourth-order valence-corrected chi connectivity index (χ4v) is 2.19. The molecule has 0 amide bonds. The molecule has 0 bridgehead atoms. The summed E-state index contributed by atoms with van der Waals surface area (Å²) in [5, 5.41) is -0.940. The second-order valence-electron chi connectivity index (χ2n) is 5.00. The topological polar surface area (TPSA) is 91.5 Å². The van der Waals surface area contributed by atoms with E-state index >= 15 is 0 Å². The van der Waals surface area contributed by atoms with E-state index in [2.05, 4.69) is 14.7 Å². The molecule has 0 saturated carbocycles. The lowest BCUT2D eigenvalue weighted by Gasteiger charge is -2.16. The summed E-state index contributed by atoms with van der Waals surface area (Å²) < 4.78 is 166. The van der Waals surface area contributed by atoms with E-state index in [1.807, 2.05) is 0 Å². The number of anilines is 2. The van der Waals surface area contributed by atoms with Crippen LogP contribution in [-0.4, -0.2) is 31.1 Å². The van der Waals surface area contributed by atoms with Gasteiger partial charge >= 0.3 is 0 Å². The number of nitrogens with zero attached hydrogens (tertiary/aromatic N) is 2. The maximum Gasteiger partial charge on any atom is 0.203 e. The zero-order chi connectivity index (χ0) is 35.7. The van der Waals surface area contributed by atoms with E-state index in [-0.39, 0.29) is 11.1 Å². The van der Waals surface area contributed by atoms with Gasteiger partial charge in [-0.25, -0.2) is 9.97 Å². The number of aryl methyl sites for hydroxylation is 2. The Bertz CT molecular complexity index is 1640. The van der Waals surface area contributed by atoms with Crippen LogP contribution in [-0.2, 0) is 6.50 Å². The molecule has 3 rings (SSSR count).